The Morgan fingerprint density at radius 2 is 2.06 bits per heavy atom. The highest BCUT2D eigenvalue weighted by Gasteiger charge is 2.15. The maximum Gasteiger partial charge on any atom is 0.0835 e. The van der Waals surface area contributed by atoms with E-state index in [0.717, 1.165) is 15.9 Å². The molecular weight excluding hydrogens is 268 g/mol. The Kier molecular flexibility index (Phi) is 3.26. The fraction of sp³-hybridized carbons (Fsp3) is 0.182. The number of hydrogen-bond donors (Lipinski definition) is 1. The summed E-state index contributed by atoms with van der Waals surface area (Å²) in [5, 5.41) is 7.82. The van der Waals surface area contributed by atoms with Crippen molar-refractivity contribution < 1.29 is 0 Å². The number of benzene rings is 1. The fourth-order valence-electron chi connectivity index (χ4n) is 1.49. The number of allylic oxidation sites excluding steroid dienone is 1. The van der Waals surface area contributed by atoms with Crippen molar-refractivity contribution in [3.8, 4) is 0 Å². The summed E-state index contributed by atoms with van der Waals surface area (Å²) in [7, 11) is 1.79. The third kappa shape index (κ3) is 2.25. The Bertz CT molecular complexity index is 425. The summed E-state index contributed by atoms with van der Waals surface area (Å²) < 4.78 is 1.02. The third-order valence-electron chi connectivity index (χ3n) is 2.32. The summed E-state index contributed by atoms with van der Waals surface area (Å²) in [4.78, 5) is 0. The molecule has 0 saturated carbocycles. The lowest BCUT2D eigenvalue weighted by atomic mass is 10.3. The number of hydrogen-bond acceptors (Lipinski definition) is 4. The Hall–Kier alpha value is -1.33. The van der Waals surface area contributed by atoms with E-state index in [-0.39, 0.29) is 0 Å². The van der Waals surface area contributed by atoms with Crippen LogP contribution in [0.4, 0.5) is 5.69 Å². The summed E-state index contributed by atoms with van der Waals surface area (Å²) in [5.74, 6) is 5.68. The lowest BCUT2D eigenvalue weighted by molar-refractivity contribution is 0.461. The van der Waals surface area contributed by atoms with Crippen LogP contribution in [0.5, 0.6) is 0 Å². The van der Waals surface area contributed by atoms with E-state index in [2.05, 4.69) is 21.0 Å². The first-order valence-electron chi connectivity index (χ1n) is 4.92. The lowest BCUT2D eigenvalue weighted by Crippen LogP contribution is -2.32. The van der Waals surface area contributed by atoms with Crippen molar-refractivity contribution in [1.29, 1.82) is 0 Å². The average Bonchev–Trinajstić information content (AvgIpc) is 2.29. The molecule has 16 heavy (non-hydrogen) atoms. The molecule has 1 aromatic rings. The van der Waals surface area contributed by atoms with Gasteiger partial charge in [-0.15, -0.1) is 0 Å². The van der Waals surface area contributed by atoms with Crippen LogP contribution in [0.1, 0.15) is 0 Å². The molecule has 0 aromatic heterocycles. The number of nitrogens with zero attached hydrogens (tertiary/aromatic N) is 3. The number of halogens is 1. The van der Waals surface area contributed by atoms with Crippen molar-refractivity contribution >= 4 is 27.8 Å². The second kappa shape index (κ2) is 4.67. The van der Waals surface area contributed by atoms with Gasteiger partial charge >= 0.3 is 0 Å². The SMILES string of the molecule is CN(N)C1=C(Br)CN(c2ccccc2)N=C1. The Morgan fingerprint density at radius 1 is 1.38 bits per heavy atom. The van der Waals surface area contributed by atoms with Crippen LogP contribution in [0.3, 0.4) is 0 Å². The van der Waals surface area contributed by atoms with Crippen LogP contribution in [-0.4, -0.2) is 24.8 Å². The highest BCUT2D eigenvalue weighted by atomic mass is 79.9. The number of nitrogens with two attached hydrogens (primary N) is 1. The highest BCUT2D eigenvalue weighted by Crippen LogP contribution is 2.23. The molecule has 0 unspecified atom stereocenters. The highest BCUT2D eigenvalue weighted by molar-refractivity contribution is 9.11. The Morgan fingerprint density at radius 3 is 2.62 bits per heavy atom. The standard InChI is InChI=1S/C11H13BrN4/c1-15(13)11-7-14-16(8-10(11)12)9-5-3-2-4-6-9/h2-7H,8,13H2,1H3. The van der Waals surface area contributed by atoms with Gasteiger partial charge in [0.05, 0.1) is 24.1 Å². The molecular formula is C11H13BrN4. The monoisotopic (exact) mass is 280 g/mol. The van der Waals surface area contributed by atoms with E-state index < -0.39 is 0 Å². The molecule has 0 bridgehead atoms. The minimum absolute atomic E-state index is 0.692. The van der Waals surface area contributed by atoms with Crippen LogP contribution >= 0.6 is 15.9 Å². The van der Waals surface area contributed by atoms with Crippen molar-refractivity contribution in [3.05, 3.63) is 40.5 Å². The van der Waals surface area contributed by atoms with E-state index in [0.29, 0.717) is 6.54 Å². The number of hydrazine groups is 1. The molecule has 0 aliphatic carbocycles. The molecule has 2 N–H and O–H groups in total. The van der Waals surface area contributed by atoms with Crippen LogP contribution in [0.2, 0.25) is 0 Å². The molecule has 1 aliphatic heterocycles. The zero-order chi connectivity index (χ0) is 11.5. The number of anilines is 1. The van der Waals surface area contributed by atoms with E-state index in [1.807, 2.05) is 35.3 Å². The molecule has 0 atom stereocenters. The molecule has 1 aliphatic rings. The maximum absolute atomic E-state index is 5.68. The average molecular weight is 281 g/mol. The first-order chi connectivity index (χ1) is 7.68. The van der Waals surface area contributed by atoms with Gasteiger partial charge in [-0.3, -0.25) is 5.01 Å². The maximum atomic E-state index is 5.68. The molecule has 1 heterocycles. The van der Waals surface area contributed by atoms with Gasteiger partial charge in [-0.05, 0) is 12.1 Å². The summed E-state index contributed by atoms with van der Waals surface area (Å²) in [6.45, 7) is 0.692. The molecule has 2 rings (SSSR count). The normalized spacial score (nSPS) is 15.6. The van der Waals surface area contributed by atoms with Gasteiger partial charge in [0, 0.05) is 11.5 Å². The Labute approximate surface area is 103 Å². The third-order valence-corrected chi connectivity index (χ3v) is 2.98. The zero-order valence-electron chi connectivity index (χ0n) is 8.97. The number of hydrazone groups is 1. The first kappa shape index (κ1) is 11.2. The van der Waals surface area contributed by atoms with Crippen molar-refractivity contribution in [2.75, 3.05) is 18.6 Å². The Balaban J connectivity index is 2.19. The minimum Gasteiger partial charge on any atom is -0.312 e. The second-order valence-electron chi connectivity index (χ2n) is 3.54. The van der Waals surface area contributed by atoms with E-state index in [4.69, 9.17) is 5.84 Å². The first-order valence-corrected chi connectivity index (χ1v) is 5.71. The smallest absolute Gasteiger partial charge is 0.0835 e. The predicted molar refractivity (Wildman–Crippen MR) is 70.2 cm³/mol. The van der Waals surface area contributed by atoms with Crippen LogP contribution in [0.15, 0.2) is 45.6 Å². The van der Waals surface area contributed by atoms with Crippen LogP contribution in [0.25, 0.3) is 0 Å². The van der Waals surface area contributed by atoms with E-state index in [1.165, 1.54) is 0 Å². The summed E-state index contributed by atoms with van der Waals surface area (Å²) >= 11 is 3.52. The summed E-state index contributed by atoms with van der Waals surface area (Å²) in [6.07, 6.45) is 1.75. The van der Waals surface area contributed by atoms with Gasteiger partial charge in [0.1, 0.15) is 0 Å². The summed E-state index contributed by atoms with van der Waals surface area (Å²) in [6, 6.07) is 10.0. The van der Waals surface area contributed by atoms with Gasteiger partial charge in [-0.2, -0.15) is 5.10 Å². The predicted octanol–water partition coefficient (Wildman–Crippen LogP) is 1.90. The quantitative estimate of drug-likeness (QED) is 0.665. The molecule has 5 heteroatoms. The molecule has 0 spiro atoms. The second-order valence-corrected chi connectivity index (χ2v) is 4.50. The van der Waals surface area contributed by atoms with Crippen LogP contribution in [-0.2, 0) is 0 Å². The summed E-state index contributed by atoms with van der Waals surface area (Å²) in [5.41, 5.74) is 1.96. The zero-order valence-corrected chi connectivity index (χ0v) is 10.6. The molecule has 4 nitrogen and oxygen atoms in total. The molecule has 0 amide bonds. The van der Waals surface area contributed by atoms with Gasteiger partial charge in [0.25, 0.3) is 0 Å². The minimum atomic E-state index is 0.692. The van der Waals surface area contributed by atoms with Gasteiger partial charge in [0.2, 0.25) is 0 Å². The molecule has 0 radical (unpaired) electrons. The lowest BCUT2D eigenvalue weighted by Gasteiger charge is -2.26. The molecule has 0 fully saturated rings. The van der Waals surface area contributed by atoms with Gasteiger partial charge in [-0.1, -0.05) is 34.1 Å². The molecule has 84 valence electrons. The van der Waals surface area contributed by atoms with Gasteiger partial charge in [-0.25, -0.2) is 5.84 Å². The van der Waals surface area contributed by atoms with Crippen molar-refractivity contribution in [1.82, 2.24) is 5.01 Å². The topological polar surface area (TPSA) is 44.9 Å². The van der Waals surface area contributed by atoms with E-state index >= 15 is 0 Å². The molecule has 1 aromatic carbocycles. The fourth-order valence-corrected chi connectivity index (χ4v) is 2.11. The van der Waals surface area contributed by atoms with Gasteiger partial charge < -0.3 is 5.01 Å². The van der Waals surface area contributed by atoms with E-state index in [9.17, 15) is 0 Å². The van der Waals surface area contributed by atoms with Crippen molar-refractivity contribution in [3.63, 3.8) is 0 Å². The number of rotatable bonds is 2. The van der Waals surface area contributed by atoms with E-state index in [1.54, 1.807) is 18.3 Å². The van der Waals surface area contributed by atoms with Crippen LogP contribution in [0, 0.1) is 0 Å². The number of para-hydroxylation sites is 1. The van der Waals surface area contributed by atoms with Crippen molar-refractivity contribution in [2.24, 2.45) is 10.9 Å². The molecule has 0 saturated heterocycles. The largest absolute Gasteiger partial charge is 0.312 e. The van der Waals surface area contributed by atoms with Gasteiger partial charge in [0.15, 0.2) is 0 Å². The van der Waals surface area contributed by atoms with Crippen LogP contribution < -0.4 is 10.9 Å². The van der Waals surface area contributed by atoms with Crippen molar-refractivity contribution in [2.45, 2.75) is 0 Å².